The third kappa shape index (κ3) is 5.52. The second kappa shape index (κ2) is 10.4. The van der Waals surface area contributed by atoms with E-state index < -0.39 is 12.1 Å². The smallest absolute Gasteiger partial charge is 0.347 e. The number of esters is 1. The van der Waals surface area contributed by atoms with E-state index in [1.54, 1.807) is 34.1 Å². The highest BCUT2D eigenvalue weighted by Gasteiger charge is 2.22. The van der Waals surface area contributed by atoms with E-state index in [9.17, 15) is 9.59 Å². The molecule has 1 aromatic heterocycles. The minimum Gasteiger partial charge on any atom is -0.497 e. The summed E-state index contributed by atoms with van der Waals surface area (Å²) in [5.41, 5.74) is 0.362. The SMILES string of the molecule is CCOC(=O)C(CC)Oc1c(C)n(CCOc2ccc(OC)cc2)ccc1=O. The summed E-state index contributed by atoms with van der Waals surface area (Å²) in [6, 6.07) is 8.74. The van der Waals surface area contributed by atoms with E-state index in [0.29, 0.717) is 25.3 Å². The number of hydrogen-bond acceptors (Lipinski definition) is 6. The summed E-state index contributed by atoms with van der Waals surface area (Å²) < 4.78 is 23.4. The zero-order valence-electron chi connectivity index (χ0n) is 16.8. The van der Waals surface area contributed by atoms with Gasteiger partial charge < -0.3 is 23.5 Å². The second-order valence-electron chi connectivity index (χ2n) is 6.08. The molecule has 1 atom stereocenters. The van der Waals surface area contributed by atoms with Crippen LogP contribution in [0.25, 0.3) is 0 Å². The van der Waals surface area contributed by atoms with E-state index in [1.807, 2.05) is 28.8 Å². The van der Waals surface area contributed by atoms with Crippen molar-refractivity contribution in [2.45, 2.75) is 39.8 Å². The van der Waals surface area contributed by atoms with Crippen molar-refractivity contribution in [3.05, 3.63) is 52.4 Å². The molecule has 0 bridgehead atoms. The van der Waals surface area contributed by atoms with Crippen LogP contribution in [0.15, 0.2) is 41.3 Å². The molecular formula is C21H27NO6. The Bertz CT molecular complexity index is 828. The van der Waals surface area contributed by atoms with Crippen molar-refractivity contribution in [3.8, 4) is 17.2 Å². The van der Waals surface area contributed by atoms with Crippen molar-refractivity contribution in [2.24, 2.45) is 0 Å². The van der Waals surface area contributed by atoms with Crippen molar-refractivity contribution in [1.29, 1.82) is 0 Å². The van der Waals surface area contributed by atoms with Crippen LogP contribution in [0.3, 0.4) is 0 Å². The molecule has 0 spiro atoms. The van der Waals surface area contributed by atoms with Crippen LogP contribution in [0.1, 0.15) is 26.0 Å². The molecule has 152 valence electrons. The molecule has 1 unspecified atom stereocenters. The number of hydrogen-bond donors (Lipinski definition) is 0. The number of carbonyl (C=O) groups is 1. The van der Waals surface area contributed by atoms with Crippen LogP contribution in [0, 0.1) is 6.92 Å². The van der Waals surface area contributed by atoms with Crippen LogP contribution >= 0.6 is 0 Å². The molecule has 0 saturated carbocycles. The molecule has 0 aliphatic heterocycles. The molecule has 2 aromatic rings. The molecule has 1 aromatic carbocycles. The molecule has 28 heavy (non-hydrogen) atoms. The molecule has 0 amide bonds. The highest BCUT2D eigenvalue weighted by Crippen LogP contribution is 2.18. The molecule has 0 N–H and O–H groups in total. The minimum atomic E-state index is -0.808. The molecule has 0 aliphatic carbocycles. The molecule has 7 heteroatoms. The normalized spacial score (nSPS) is 11.6. The minimum absolute atomic E-state index is 0.159. The number of ether oxygens (including phenoxy) is 4. The standard InChI is InChI=1S/C21H27NO6/c1-5-19(21(24)26-6-2)28-20-15(3)22(12-11-18(20)23)13-14-27-17-9-7-16(25-4)8-10-17/h7-12,19H,5-6,13-14H2,1-4H3. The molecule has 7 nitrogen and oxygen atoms in total. The van der Waals surface area contributed by atoms with Crippen molar-refractivity contribution in [3.63, 3.8) is 0 Å². The van der Waals surface area contributed by atoms with E-state index in [-0.39, 0.29) is 17.8 Å². The van der Waals surface area contributed by atoms with Crippen LogP contribution in [-0.2, 0) is 16.1 Å². The van der Waals surface area contributed by atoms with E-state index >= 15 is 0 Å². The van der Waals surface area contributed by atoms with Crippen LogP contribution in [-0.4, -0.2) is 37.0 Å². The number of carbonyl (C=O) groups excluding carboxylic acids is 1. The first-order chi connectivity index (χ1) is 13.5. The lowest BCUT2D eigenvalue weighted by Crippen LogP contribution is -2.31. The molecule has 0 fully saturated rings. The zero-order chi connectivity index (χ0) is 20.5. The van der Waals surface area contributed by atoms with Crippen molar-refractivity contribution >= 4 is 5.97 Å². The predicted octanol–water partition coefficient (Wildman–Crippen LogP) is 2.96. The first kappa shape index (κ1) is 21.3. The van der Waals surface area contributed by atoms with Crippen LogP contribution < -0.4 is 19.6 Å². The fourth-order valence-corrected chi connectivity index (χ4v) is 2.65. The number of nitrogens with zero attached hydrogens (tertiary/aromatic N) is 1. The summed E-state index contributed by atoms with van der Waals surface area (Å²) in [4.78, 5) is 24.2. The third-order valence-electron chi connectivity index (χ3n) is 4.23. The van der Waals surface area contributed by atoms with Gasteiger partial charge in [-0.15, -0.1) is 0 Å². The molecule has 0 radical (unpaired) electrons. The van der Waals surface area contributed by atoms with Gasteiger partial charge in [-0.1, -0.05) is 6.92 Å². The van der Waals surface area contributed by atoms with Crippen molar-refractivity contribution in [1.82, 2.24) is 4.57 Å². The van der Waals surface area contributed by atoms with Crippen LogP contribution in [0.2, 0.25) is 0 Å². The highest BCUT2D eigenvalue weighted by molar-refractivity contribution is 5.75. The fraction of sp³-hybridized carbons (Fsp3) is 0.429. The lowest BCUT2D eigenvalue weighted by molar-refractivity contribution is -0.151. The van der Waals surface area contributed by atoms with Crippen molar-refractivity contribution in [2.75, 3.05) is 20.3 Å². The monoisotopic (exact) mass is 389 g/mol. The van der Waals surface area contributed by atoms with Gasteiger partial charge in [0.1, 0.15) is 18.1 Å². The summed E-state index contributed by atoms with van der Waals surface area (Å²) in [5.74, 6) is 1.18. The van der Waals surface area contributed by atoms with E-state index in [1.165, 1.54) is 6.07 Å². The maximum absolute atomic E-state index is 12.2. The molecule has 1 heterocycles. The van der Waals surface area contributed by atoms with E-state index in [2.05, 4.69) is 0 Å². The van der Waals surface area contributed by atoms with Gasteiger partial charge >= 0.3 is 5.97 Å². The van der Waals surface area contributed by atoms with Crippen LogP contribution in [0.5, 0.6) is 17.2 Å². The van der Waals surface area contributed by atoms with Crippen molar-refractivity contribution < 1.29 is 23.7 Å². The zero-order valence-corrected chi connectivity index (χ0v) is 16.8. The Balaban J connectivity index is 2.06. The van der Waals surface area contributed by atoms with Gasteiger partial charge in [0.05, 0.1) is 26.0 Å². The Morgan fingerprint density at radius 3 is 2.39 bits per heavy atom. The summed E-state index contributed by atoms with van der Waals surface area (Å²) in [6.45, 7) is 6.51. The Morgan fingerprint density at radius 2 is 1.79 bits per heavy atom. The van der Waals surface area contributed by atoms with Gasteiger partial charge in [-0.3, -0.25) is 4.79 Å². The van der Waals surface area contributed by atoms with E-state index in [4.69, 9.17) is 18.9 Å². The number of rotatable bonds is 10. The lowest BCUT2D eigenvalue weighted by Gasteiger charge is -2.19. The van der Waals surface area contributed by atoms with Crippen LogP contribution in [0.4, 0.5) is 0 Å². The lowest BCUT2D eigenvalue weighted by atomic mass is 10.2. The summed E-state index contributed by atoms with van der Waals surface area (Å²) in [5, 5.41) is 0. The maximum atomic E-state index is 12.2. The quantitative estimate of drug-likeness (QED) is 0.582. The summed E-state index contributed by atoms with van der Waals surface area (Å²) >= 11 is 0. The summed E-state index contributed by atoms with van der Waals surface area (Å²) in [6.07, 6.45) is 1.29. The fourth-order valence-electron chi connectivity index (χ4n) is 2.65. The van der Waals surface area contributed by atoms with Gasteiger partial charge in [0.2, 0.25) is 5.43 Å². The largest absolute Gasteiger partial charge is 0.497 e. The Labute approximate surface area is 164 Å². The van der Waals surface area contributed by atoms with Gasteiger partial charge in [0.15, 0.2) is 11.9 Å². The first-order valence-electron chi connectivity index (χ1n) is 9.30. The van der Waals surface area contributed by atoms with Gasteiger partial charge in [-0.05, 0) is 44.5 Å². The van der Waals surface area contributed by atoms with Gasteiger partial charge in [-0.25, -0.2) is 4.79 Å². The molecule has 2 rings (SSSR count). The molecule has 0 saturated heterocycles. The average molecular weight is 389 g/mol. The topological polar surface area (TPSA) is 76.0 Å². The third-order valence-corrected chi connectivity index (χ3v) is 4.23. The average Bonchev–Trinajstić information content (AvgIpc) is 2.70. The van der Waals surface area contributed by atoms with Gasteiger partial charge in [0.25, 0.3) is 0 Å². The second-order valence-corrected chi connectivity index (χ2v) is 6.08. The number of methoxy groups -OCH3 is 1. The van der Waals surface area contributed by atoms with E-state index in [0.717, 1.165) is 11.5 Å². The Kier molecular flexibility index (Phi) is 7.92. The Morgan fingerprint density at radius 1 is 1.11 bits per heavy atom. The molecular weight excluding hydrogens is 362 g/mol. The van der Waals surface area contributed by atoms with Gasteiger partial charge in [0, 0.05) is 12.3 Å². The predicted molar refractivity (Wildman–Crippen MR) is 105 cm³/mol. The Hall–Kier alpha value is -2.96. The number of aromatic nitrogens is 1. The first-order valence-corrected chi connectivity index (χ1v) is 9.30. The maximum Gasteiger partial charge on any atom is 0.347 e. The molecule has 0 aliphatic rings. The highest BCUT2D eigenvalue weighted by atomic mass is 16.6. The number of pyridine rings is 1. The number of benzene rings is 1. The summed E-state index contributed by atoms with van der Waals surface area (Å²) in [7, 11) is 1.61. The van der Waals surface area contributed by atoms with Gasteiger partial charge in [-0.2, -0.15) is 0 Å².